The first-order valence-corrected chi connectivity index (χ1v) is 9.06. The van der Waals surface area contributed by atoms with Gasteiger partial charge in [0.1, 0.15) is 5.75 Å². The van der Waals surface area contributed by atoms with Crippen LogP contribution >= 0.6 is 0 Å². The van der Waals surface area contributed by atoms with Crippen LogP contribution in [-0.2, 0) is 7.05 Å². The van der Waals surface area contributed by atoms with E-state index in [0.717, 1.165) is 18.4 Å². The molecular formula is C20H22N4O3. The molecule has 3 heterocycles. The van der Waals surface area contributed by atoms with Gasteiger partial charge < -0.3 is 9.64 Å². The van der Waals surface area contributed by atoms with Gasteiger partial charge in [-0.05, 0) is 37.1 Å². The molecule has 7 heteroatoms. The lowest BCUT2D eigenvalue weighted by molar-refractivity contribution is 0.0676. The zero-order valence-corrected chi connectivity index (χ0v) is 15.5. The quantitative estimate of drug-likeness (QED) is 0.713. The summed E-state index contributed by atoms with van der Waals surface area (Å²) in [6, 6.07) is 10.9. The highest BCUT2D eigenvalue weighted by atomic mass is 16.5. The number of benzene rings is 1. The Morgan fingerprint density at radius 2 is 2.04 bits per heavy atom. The fraction of sp³-hybridized carbons (Fsp3) is 0.350. The van der Waals surface area contributed by atoms with E-state index in [1.165, 1.54) is 0 Å². The number of likely N-dealkylation sites (tertiary alicyclic amines) is 1. The molecule has 27 heavy (non-hydrogen) atoms. The first-order chi connectivity index (χ1) is 13.1. The number of fused-ring (bicyclic) bond motifs is 1. The molecule has 7 nitrogen and oxygen atoms in total. The van der Waals surface area contributed by atoms with E-state index >= 15 is 0 Å². The number of nitrogens with zero attached hydrogens (tertiary/aromatic N) is 4. The average molecular weight is 366 g/mol. The largest absolute Gasteiger partial charge is 0.496 e. The van der Waals surface area contributed by atoms with Crippen molar-refractivity contribution in [1.82, 2.24) is 19.0 Å². The maximum Gasteiger partial charge on any atom is 0.330 e. The van der Waals surface area contributed by atoms with E-state index in [2.05, 4.69) is 4.98 Å². The van der Waals surface area contributed by atoms with Crippen molar-refractivity contribution < 1.29 is 9.53 Å². The number of carbonyl (C=O) groups is 1. The Balaban J connectivity index is 1.67. The second-order valence-corrected chi connectivity index (χ2v) is 6.81. The van der Waals surface area contributed by atoms with E-state index in [9.17, 15) is 9.59 Å². The number of para-hydroxylation sites is 1. The minimum absolute atomic E-state index is 0.0709. The van der Waals surface area contributed by atoms with E-state index in [1.54, 1.807) is 46.5 Å². The van der Waals surface area contributed by atoms with Crippen LogP contribution in [0.2, 0.25) is 0 Å². The highest BCUT2D eigenvalue weighted by Crippen LogP contribution is 2.27. The zero-order valence-electron chi connectivity index (χ0n) is 15.5. The van der Waals surface area contributed by atoms with Gasteiger partial charge in [-0.15, -0.1) is 0 Å². The fourth-order valence-electron chi connectivity index (χ4n) is 3.86. The molecule has 0 unspecified atom stereocenters. The summed E-state index contributed by atoms with van der Waals surface area (Å²) in [4.78, 5) is 32.1. The van der Waals surface area contributed by atoms with E-state index < -0.39 is 0 Å². The Hall–Kier alpha value is -3.09. The van der Waals surface area contributed by atoms with Gasteiger partial charge in [-0.2, -0.15) is 0 Å². The highest BCUT2D eigenvalue weighted by molar-refractivity contribution is 5.97. The Labute approximate surface area is 156 Å². The van der Waals surface area contributed by atoms with Crippen molar-refractivity contribution >= 4 is 17.1 Å². The highest BCUT2D eigenvalue weighted by Gasteiger charge is 2.29. The molecule has 0 bridgehead atoms. The first-order valence-electron chi connectivity index (χ1n) is 9.06. The molecule has 1 saturated heterocycles. The molecule has 2 aromatic heterocycles. The molecule has 1 fully saturated rings. The average Bonchev–Trinajstić information content (AvgIpc) is 2.98. The van der Waals surface area contributed by atoms with Crippen LogP contribution in [0.4, 0.5) is 0 Å². The van der Waals surface area contributed by atoms with Crippen LogP contribution < -0.4 is 10.4 Å². The normalized spacial score (nSPS) is 17.3. The maximum absolute atomic E-state index is 13.0. The molecule has 140 valence electrons. The number of aryl methyl sites for hydroxylation is 1. The minimum Gasteiger partial charge on any atom is -0.496 e. The van der Waals surface area contributed by atoms with Gasteiger partial charge in [0, 0.05) is 26.3 Å². The van der Waals surface area contributed by atoms with Gasteiger partial charge in [0.15, 0.2) is 5.65 Å². The smallest absolute Gasteiger partial charge is 0.330 e. The third-order valence-electron chi connectivity index (χ3n) is 5.23. The number of methoxy groups -OCH3 is 1. The van der Waals surface area contributed by atoms with Crippen LogP contribution in [0.3, 0.4) is 0 Å². The van der Waals surface area contributed by atoms with Crippen LogP contribution in [0, 0.1) is 0 Å². The Bertz CT molecular complexity index is 1050. The third kappa shape index (κ3) is 2.89. The molecule has 1 aliphatic heterocycles. The number of pyridine rings is 1. The molecule has 0 saturated carbocycles. The number of rotatable bonds is 3. The number of imidazole rings is 1. The lowest BCUT2D eigenvalue weighted by Gasteiger charge is -2.33. The third-order valence-corrected chi connectivity index (χ3v) is 5.23. The summed E-state index contributed by atoms with van der Waals surface area (Å²) >= 11 is 0. The second-order valence-electron chi connectivity index (χ2n) is 6.81. The van der Waals surface area contributed by atoms with Crippen molar-refractivity contribution in [3.63, 3.8) is 0 Å². The molecule has 0 N–H and O–H groups in total. The van der Waals surface area contributed by atoms with E-state index in [1.807, 2.05) is 24.3 Å². The van der Waals surface area contributed by atoms with E-state index in [4.69, 9.17) is 4.74 Å². The van der Waals surface area contributed by atoms with Crippen molar-refractivity contribution in [3.8, 4) is 5.75 Å². The summed E-state index contributed by atoms with van der Waals surface area (Å²) in [6.07, 6.45) is 3.37. The Kier molecular flexibility index (Phi) is 4.43. The van der Waals surface area contributed by atoms with Crippen molar-refractivity contribution in [2.24, 2.45) is 7.05 Å². The first kappa shape index (κ1) is 17.3. The number of hydrogen-bond donors (Lipinski definition) is 0. The van der Waals surface area contributed by atoms with Gasteiger partial charge in [-0.3, -0.25) is 13.9 Å². The predicted molar refractivity (Wildman–Crippen MR) is 102 cm³/mol. The van der Waals surface area contributed by atoms with Crippen LogP contribution in [0.15, 0.2) is 47.4 Å². The summed E-state index contributed by atoms with van der Waals surface area (Å²) in [7, 11) is 3.32. The predicted octanol–water partition coefficient (Wildman–Crippen LogP) is 2.22. The molecule has 1 amide bonds. The molecule has 4 rings (SSSR count). The Morgan fingerprint density at radius 3 is 2.85 bits per heavy atom. The van der Waals surface area contributed by atoms with Crippen LogP contribution in [0.25, 0.3) is 11.2 Å². The van der Waals surface area contributed by atoms with Gasteiger partial charge in [0.2, 0.25) is 0 Å². The lowest BCUT2D eigenvalue weighted by atomic mass is 10.0. The molecular weight excluding hydrogens is 344 g/mol. The fourth-order valence-corrected chi connectivity index (χ4v) is 3.86. The van der Waals surface area contributed by atoms with Crippen LogP contribution in [0.5, 0.6) is 5.75 Å². The van der Waals surface area contributed by atoms with Gasteiger partial charge in [-0.1, -0.05) is 12.1 Å². The lowest BCUT2D eigenvalue weighted by Crippen LogP contribution is -2.43. The number of amides is 1. The van der Waals surface area contributed by atoms with Crippen molar-refractivity contribution in [3.05, 3.63) is 58.6 Å². The van der Waals surface area contributed by atoms with Gasteiger partial charge in [0.05, 0.1) is 24.2 Å². The standard InChI is InChI=1S/C20H22N4O3/c1-22-16-9-5-11-21-18(16)24(20(22)26)14-7-6-12-23(13-14)19(25)15-8-3-4-10-17(15)27-2/h3-5,8-11,14H,6-7,12-13H2,1-2H3/t14-/m0/s1. The summed E-state index contributed by atoms with van der Waals surface area (Å²) in [5.74, 6) is 0.493. The molecule has 3 aromatic rings. The minimum atomic E-state index is -0.0970. The monoisotopic (exact) mass is 366 g/mol. The van der Waals surface area contributed by atoms with Crippen LogP contribution in [-0.4, -0.2) is 45.1 Å². The summed E-state index contributed by atoms with van der Waals surface area (Å²) in [6.45, 7) is 1.15. The number of carbonyl (C=O) groups excluding carboxylic acids is 1. The van der Waals surface area contributed by atoms with Crippen molar-refractivity contribution in [2.75, 3.05) is 20.2 Å². The SMILES string of the molecule is COc1ccccc1C(=O)N1CCC[C@H](n2c(=O)n(C)c3cccnc32)C1. The number of piperidine rings is 1. The summed E-state index contributed by atoms with van der Waals surface area (Å²) in [5.41, 5.74) is 1.92. The molecule has 0 spiro atoms. The molecule has 1 aromatic carbocycles. The van der Waals surface area contributed by atoms with Gasteiger partial charge in [0.25, 0.3) is 5.91 Å². The van der Waals surface area contributed by atoms with Crippen molar-refractivity contribution in [1.29, 1.82) is 0 Å². The Morgan fingerprint density at radius 1 is 1.22 bits per heavy atom. The summed E-state index contributed by atoms with van der Waals surface area (Å²) in [5, 5.41) is 0. The van der Waals surface area contributed by atoms with E-state index in [-0.39, 0.29) is 17.6 Å². The second kappa shape index (κ2) is 6.90. The van der Waals surface area contributed by atoms with Gasteiger partial charge in [-0.25, -0.2) is 9.78 Å². The van der Waals surface area contributed by atoms with Crippen molar-refractivity contribution in [2.45, 2.75) is 18.9 Å². The van der Waals surface area contributed by atoms with Crippen LogP contribution in [0.1, 0.15) is 29.2 Å². The molecule has 1 atom stereocenters. The number of hydrogen-bond acceptors (Lipinski definition) is 4. The molecule has 0 radical (unpaired) electrons. The number of ether oxygens (including phenoxy) is 1. The molecule has 1 aliphatic rings. The molecule has 0 aliphatic carbocycles. The zero-order chi connectivity index (χ0) is 19.0. The summed E-state index contributed by atoms with van der Waals surface area (Å²) < 4.78 is 8.68. The maximum atomic E-state index is 13.0. The van der Waals surface area contributed by atoms with Gasteiger partial charge >= 0.3 is 5.69 Å². The van der Waals surface area contributed by atoms with E-state index in [0.29, 0.717) is 30.0 Å². The topological polar surface area (TPSA) is 69.4 Å². The number of aromatic nitrogens is 3.